The van der Waals surface area contributed by atoms with Crippen LogP contribution in [0.5, 0.6) is 0 Å². The number of nitrogens with zero attached hydrogens (tertiary/aromatic N) is 2. The van der Waals surface area contributed by atoms with Gasteiger partial charge in [0, 0.05) is 17.3 Å². The highest BCUT2D eigenvalue weighted by atomic mass is 15.1. The van der Waals surface area contributed by atoms with E-state index in [2.05, 4.69) is 136 Å². The second kappa shape index (κ2) is 11.9. The largest absolute Gasteiger partial charge is 0.299 e. The second-order valence-corrected chi connectivity index (χ2v) is 12.3. The number of aromatic nitrogens is 2. The van der Waals surface area contributed by atoms with Gasteiger partial charge in [-0.05, 0) is 70.5 Å². The molecule has 0 bridgehead atoms. The molecule has 5 aromatic rings. The van der Waals surface area contributed by atoms with Gasteiger partial charge >= 0.3 is 0 Å². The molecule has 0 radical (unpaired) electrons. The maximum absolute atomic E-state index is 5.23. The van der Waals surface area contributed by atoms with Gasteiger partial charge in [0.1, 0.15) is 5.82 Å². The van der Waals surface area contributed by atoms with Gasteiger partial charge in [-0.2, -0.15) is 0 Å². The minimum atomic E-state index is 0.357. The van der Waals surface area contributed by atoms with Crippen molar-refractivity contribution in [3.05, 3.63) is 120 Å². The first-order chi connectivity index (χ1) is 20.0. The second-order valence-electron chi connectivity index (χ2n) is 12.3. The lowest BCUT2D eigenvalue weighted by atomic mass is 9.83. The van der Waals surface area contributed by atoms with Gasteiger partial charge in [-0.3, -0.25) is 4.57 Å². The topological polar surface area (TPSA) is 17.8 Å². The summed E-state index contributed by atoms with van der Waals surface area (Å²) in [6.07, 6.45) is 9.05. The SMILES string of the molecule is CC(C)c1cc(-c2ccc(C3CCCCC3)cc2)cc(C(C)C)c1-n1cc(-c2ccccc2)nc1-c1ccccc1. The van der Waals surface area contributed by atoms with E-state index < -0.39 is 0 Å². The third-order valence-electron chi connectivity index (χ3n) is 8.78. The normalized spacial score (nSPS) is 14.2. The molecule has 1 aliphatic carbocycles. The summed E-state index contributed by atoms with van der Waals surface area (Å²) in [5, 5.41) is 0. The highest BCUT2D eigenvalue weighted by molar-refractivity contribution is 5.73. The summed E-state index contributed by atoms with van der Waals surface area (Å²) in [6, 6.07) is 35.5. The average Bonchev–Trinajstić information content (AvgIpc) is 3.47. The minimum Gasteiger partial charge on any atom is -0.299 e. The van der Waals surface area contributed by atoms with Crippen LogP contribution in [0, 0.1) is 0 Å². The quantitative estimate of drug-likeness (QED) is 0.201. The molecular weight excluding hydrogens is 496 g/mol. The molecule has 6 rings (SSSR count). The van der Waals surface area contributed by atoms with E-state index in [1.54, 1.807) is 0 Å². The molecule has 1 heterocycles. The Kier molecular flexibility index (Phi) is 7.92. The summed E-state index contributed by atoms with van der Waals surface area (Å²) in [7, 11) is 0. The van der Waals surface area contributed by atoms with Crippen LogP contribution in [0.4, 0.5) is 0 Å². The maximum atomic E-state index is 5.23. The van der Waals surface area contributed by atoms with Crippen molar-refractivity contribution in [1.82, 2.24) is 9.55 Å². The Bertz CT molecular complexity index is 1560. The Morgan fingerprint density at radius 1 is 0.610 bits per heavy atom. The van der Waals surface area contributed by atoms with Crippen LogP contribution in [0.15, 0.2) is 103 Å². The lowest BCUT2D eigenvalue weighted by Gasteiger charge is -2.24. The lowest BCUT2D eigenvalue weighted by molar-refractivity contribution is 0.443. The van der Waals surface area contributed by atoms with Crippen molar-refractivity contribution in [3.8, 4) is 39.5 Å². The smallest absolute Gasteiger partial charge is 0.145 e. The fourth-order valence-electron chi connectivity index (χ4n) is 6.48. The molecule has 0 aliphatic heterocycles. The molecule has 2 heteroatoms. The molecule has 0 saturated heterocycles. The van der Waals surface area contributed by atoms with Gasteiger partial charge in [0.05, 0.1) is 11.4 Å². The van der Waals surface area contributed by atoms with Crippen molar-refractivity contribution >= 4 is 0 Å². The molecule has 2 nitrogen and oxygen atoms in total. The summed E-state index contributed by atoms with van der Waals surface area (Å²) < 4.78 is 2.36. The predicted octanol–water partition coefficient (Wildman–Crippen LogP) is 11.2. The molecule has 1 fully saturated rings. The van der Waals surface area contributed by atoms with Gasteiger partial charge in [-0.1, -0.05) is 132 Å². The number of hydrogen-bond acceptors (Lipinski definition) is 1. The van der Waals surface area contributed by atoms with Crippen molar-refractivity contribution in [1.29, 1.82) is 0 Å². The van der Waals surface area contributed by atoms with Crippen LogP contribution in [-0.2, 0) is 0 Å². The summed E-state index contributed by atoms with van der Waals surface area (Å²) in [5.74, 6) is 2.43. The van der Waals surface area contributed by atoms with E-state index in [9.17, 15) is 0 Å². The lowest BCUT2D eigenvalue weighted by Crippen LogP contribution is -2.09. The standard InChI is InChI=1S/C39H42N2/c1-27(2)35-24-34(31-22-20-30(21-23-31)29-14-8-5-9-15-29)25-36(28(3)4)38(35)41-26-37(32-16-10-6-11-17-32)40-39(41)33-18-12-7-13-19-33/h6-7,10-13,16-29H,5,8-9,14-15H2,1-4H3. The number of rotatable bonds is 7. The molecule has 0 unspecified atom stereocenters. The van der Waals surface area contributed by atoms with Gasteiger partial charge < -0.3 is 0 Å². The predicted molar refractivity (Wildman–Crippen MR) is 174 cm³/mol. The molecule has 4 aromatic carbocycles. The van der Waals surface area contributed by atoms with E-state index in [4.69, 9.17) is 4.98 Å². The molecule has 1 aromatic heterocycles. The van der Waals surface area contributed by atoms with E-state index in [0.29, 0.717) is 11.8 Å². The Morgan fingerprint density at radius 2 is 1.17 bits per heavy atom. The van der Waals surface area contributed by atoms with Gasteiger partial charge in [0.15, 0.2) is 0 Å². The number of benzene rings is 4. The molecule has 0 amide bonds. The fraction of sp³-hybridized carbons (Fsp3) is 0.308. The van der Waals surface area contributed by atoms with Gasteiger partial charge in [0.25, 0.3) is 0 Å². The Labute approximate surface area is 246 Å². The van der Waals surface area contributed by atoms with Crippen LogP contribution in [0.2, 0.25) is 0 Å². The van der Waals surface area contributed by atoms with Crippen LogP contribution in [0.3, 0.4) is 0 Å². The van der Waals surface area contributed by atoms with Crippen molar-refractivity contribution in [2.45, 2.75) is 77.6 Å². The van der Waals surface area contributed by atoms with E-state index >= 15 is 0 Å². The molecule has 0 spiro atoms. The van der Waals surface area contributed by atoms with Crippen LogP contribution in [0.1, 0.15) is 94.2 Å². The first kappa shape index (κ1) is 27.3. The summed E-state index contributed by atoms with van der Waals surface area (Å²) >= 11 is 0. The third-order valence-corrected chi connectivity index (χ3v) is 8.78. The molecule has 41 heavy (non-hydrogen) atoms. The number of imidazole rings is 1. The summed E-state index contributed by atoms with van der Waals surface area (Å²) in [4.78, 5) is 5.23. The van der Waals surface area contributed by atoms with Crippen LogP contribution < -0.4 is 0 Å². The van der Waals surface area contributed by atoms with Gasteiger partial charge in [-0.15, -0.1) is 0 Å². The Morgan fingerprint density at radius 3 is 1.73 bits per heavy atom. The van der Waals surface area contributed by atoms with E-state index in [0.717, 1.165) is 28.6 Å². The third kappa shape index (κ3) is 5.66. The molecule has 208 valence electrons. The van der Waals surface area contributed by atoms with Crippen molar-refractivity contribution in [2.75, 3.05) is 0 Å². The van der Waals surface area contributed by atoms with Crippen LogP contribution in [-0.4, -0.2) is 9.55 Å². The molecule has 1 saturated carbocycles. The van der Waals surface area contributed by atoms with Crippen LogP contribution >= 0.6 is 0 Å². The maximum Gasteiger partial charge on any atom is 0.145 e. The van der Waals surface area contributed by atoms with E-state index in [-0.39, 0.29) is 0 Å². The highest BCUT2D eigenvalue weighted by Crippen LogP contribution is 2.40. The first-order valence-corrected chi connectivity index (χ1v) is 15.5. The Hall–Kier alpha value is -3.91. The minimum absolute atomic E-state index is 0.357. The van der Waals surface area contributed by atoms with Gasteiger partial charge in [-0.25, -0.2) is 4.98 Å². The molecule has 0 N–H and O–H groups in total. The first-order valence-electron chi connectivity index (χ1n) is 15.5. The van der Waals surface area contributed by atoms with E-state index in [1.165, 1.54) is 65.6 Å². The van der Waals surface area contributed by atoms with Crippen LogP contribution in [0.25, 0.3) is 39.5 Å². The molecule has 1 aliphatic rings. The molecule has 0 atom stereocenters. The average molecular weight is 539 g/mol. The monoisotopic (exact) mass is 538 g/mol. The number of hydrogen-bond donors (Lipinski definition) is 0. The van der Waals surface area contributed by atoms with Crippen molar-refractivity contribution < 1.29 is 0 Å². The zero-order valence-corrected chi connectivity index (χ0v) is 25.0. The van der Waals surface area contributed by atoms with Crippen molar-refractivity contribution in [2.24, 2.45) is 0 Å². The zero-order chi connectivity index (χ0) is 28.3. The molecular formula is C39H42N2. The summed E-state index contributed by atoms with van der Waals surface area (Å²) in [5.41, 5.74) is 11.4. The highest BCUT2D eigenvalue weighted by Gasteiger charge is 2.23. The van der Waals surface area contributed by atoms with Crippen molar-refractivity contribution in [3.63, 3.8) is 0 Å². The Balaban J connectivity index is 1.51. The zero-order valence-electron chi connectivity index (χ0n) is 25.0. The van der Waals surface area contributed by atoms with E-state index in [1.807, 2.05) is 0 Å². The summed E-state index contributed by atoms with van der Waals surface area (Å²) in [6.45, 7) is 9.26. The fourth-order valence-corrected chi connectivity index (χ4v) is 6.48. The van der Waals surface area contributed by atoms with Gasteiger partial charge in [0.2, 0.25) is 0 Å².